The summed E-state index contributed by atoms with van der Waals surface area (Å²) in [4.78, 5) is 22.5. The van der Waals surface area contributed by atoms with Gasteiger partial charge in [-0.1, -0.05) is 12.1 Å². The summed E-state index contributed by atoms with van der Waals surface area (Å²) >= 11 is 0. The summed E-state index contributed by atoms with van der Waals surface area (Å²) in [7, 11) is 3.08. The Hall–Kier alpha value is -3.28. The Kier molecular flexibility index (Phi) is 6.38. The summed E-state index contributed by atoms with van der Waals surface area (Å²) in [5.41, 5.74) is 1.38. The summed E-state index contributed by atoms with van der Waals surface area (Å²) < 4.78 is 15.8. The molecule has 2 rings (SSSR count). The van der Waals surface area contributed by atoms with E-state index in [4.69, 9.17) is 19.3 Å². The van der Waals surface area contributed by atoms with E-state index in [-0.39, 0.29) is 0 Å². The summed E-state index contributed by atoms with van der Waals surface area (Å²) in [6, 6.07) is 7.04. The Balaban J connectivity index is 2.73. The van der Waals surface area contributed by atoms with E-state index in [1.807, 2.05) is 0 Å². The number of hydrogen-bond donors (Lipinski definition) is 1. The number of esters is 1. The van der Waals surface area contributed by atoms with E-state index in [1.165, 1.54) is 19.3 Å². The van der Waals surface area contributed by atoms with Crippen LogP contribution in [-0.2, 0) is 14.3 Å². The molecule has 0 saturated carbocycles. The van der Waals surface area contributed by atoms with Crippen LogP contribution in [0.15, 0.2) is 36.4 Å². The highest BCUT2D eigenvalue weighted by molar-refractivity contribution is 6.05. The molecule has 0 amide bonds. The number of carboxylic acid groups (broad SMARTS) is 1. The van der Waals surface area contributed by atoms with Gasteiger partial charge in [0.2, 0.25) is 0 Å². The minimum Gasteiger partial charge on any atom is -0.496 e. The lowest BCUT2D eigenvalue weighted by Gasteiger charge is -2.14. The molecule has 1 N–H and O–H groups in total. The molecule has 0 radical (unpaired) electrons. The van der Waals surface area contributed by atoms with Crippen molar-refractivity contribution in [2.75, 3.05) is 20.8 Å². The molecule has 0 aliphatic rings. The monoisotopic (exact) mass is 356 g/mol. The fourth-order valence-electron chi connectivity index (χ4n) is 2.61. The molecule has 0 aliphatic heterocycles. The van der Waals surface area contributed by atoms with E-state index >= 15 is 0 Å². The molecule has 0 fully saturated rings. The first kappa shape index (κ1) is 19.1. The molecule has 6 heteroatoms. The van der Waals surface area contributed by atoms with Gasteiger partial charge in [-0.15, -0.1) is 0 Å². The molecule has 0 aliphatic carbocycles. The van der Waals surface area contributed by atoms with Gasteiger partial charge >= 0.3 is 11.9 Å². The van der Waals surface area contributed by atoms with E-state index in [9.17, 15) is 9.59 Å². The summed E-state index contributed by atoms with van der Waals surface area (Å²) in [5, 5.41) is 10.3. The number of aliphatic carboxylic acids is 1. The van der Waals surface area contributed by atoms with Crippen molar-refractivity contribution in [3.63, 3.8) is 0 Å². The van der Waals surface area contributed by atoms with Crippen molar-refractivity contribution < 1.29 is 28.9 Å². The topological polar surface area (TPSA) is 82.1 Å². The maximum Gasteiger partial charge on any atom is 0.330 e. The van der Waals surface area contributed by atoms with Gasteiger partial charge in [0, 0.05) is 22.9 Å². The average Bonchev–Trinajstić information content (AvgIpc) is 2.64. The number of benzene rings is 2. The van der Waals surface area contributed by atoms with Gasteiger partial charge in [-0.2, -0.15) is 0 Å². The van der Waals surface area contributed by atoms with Gasteiger partial charge in [-0.25, -0.2) is 9.59 Å². The first-order valence-corrected chi connectivity index (χ1v) is 7.95. The van der Waals surface area contributed by atoms with Crippen LogP contribution in [0.2, 0.25) is 0 Å². The van der Waals surface area contributed by atoms with Crippen molar-refractivity contribution in [2.24, 2.45) is 0 Å². The molecular weight excluding hydrogens is 336 g/mol. The van der Waals surface area contributed by atoms with Crippen molar-refractivity contribution in [2.45, 2.75) is 6.92 Å². The molecule has 0 unspecified atom stereocenters. The smallest absolute Gasteiger partial charge is 0.330 e. The minimum atomic E-state index is -1.05. The van der Waals surface area contributed by atoms with Crippen molar-refractivity contribution >= 4 is 34.9 Å². The van der Waals surface area contributed by atoms with E-state index < -0.39 is 11.9 Å². The van der Waals surface area contributed by atoms with Gasteiger partial charge in [0.15, 0.2) is 0 Å². The Bertz CT molecular complexity index is 879. The lowest BCUT2D eigenvalue weighted by molar-refractivity contribution is -0.137. The second-order valence-electron chi connectivity index (χ2n) is 5.22. The summed E-state index contributed by atoms with van der Waals surface area (Å²) in [6.07, 6.45) is 5.52. The molecule has 0 atom stereocenters. The van der Waals surface area contributed by atoms with Crippen LogP contribution >= 0.6 is 0 Å². The molecule has 26 heavy (non-hydrogen) atoms. The van der Waals surface area contributed by atoms with E-state index in [0.29, 0.717) is 34.4 Å². The predicted molar refractivity (Wildman–Crippen MR) is 99.4 cm³/mol. The summed E-state index contributed by atoms with van der Waals surface area (Å²) in [6.45, 7) is 2.03. The third-order valence-corrected chi connectivity index (χ3v) is 3.68. The molecule has 136 valence electrons. The van der Waals surface area contributed by atoms with Crippen molar-refractivity contribution in [1.29, 1.82) is 0 Å². The van der Waals surface area contributed by atoms with E-state index in [1.54, 1.807) is 44.4 Å². The zero-order chi connectivity index (χ0) is 19.1. The fraction of sp³-hybridized carbons (Fsp3) is 0.200. The first-order chi connectivity index (χ1) is 12.5. The van der Waals surface area contributed by atoms with Gasteiger partial charge < -0.3 is 19.3 Å². The highest BCUT2D eigenvalue weighted by atomic mass is 16.5. The van der Waals surface area contributed by atoms with Gasteiger partial charge in [0.1, 0.15) is 11.5 Å². The third-order valence-electron chi connectivity index (χ3n) is 3.68. The minimum absolute atomic E-state index is 0.292. The standard InChI is InChI=1S/C20H20O6/c1-4-26-18(23)12-8-14-6-5-13(7-11-17(21)22)19-15(24-2)9-10-16(25-3)20(14)19/h5-12H,4H2,1-3H3,(H,21,22). The predicted octanol–water partition coefficient (Wildman–Crippen LogP) is 3.53. The second kappa shape index (κ2) is 8.71. The molecule has 0 aromatic heterocycles. The van der Waals surface area contributed by atoms with Crippen molar-refractivity contribution in [1.82, 2.24) is 0 Å². The largest absolute Gasteiger partial charge is 0.496 e. The average molecular weight is 356 g/mol. The molecule has 0 saturated heterocycles. The SMILES string of the molecule is CCOC(=O)C=Cc1ccc(C=CC(=O)O)c2c(OC)ccc(OC)c12. The number of ether oxygens (including phenoxy) is 3. The number of hydrogen-bond acceptors (Lipinski definition) is 5. The Morgan fingerprint density at radius 2 is 1.42 bits per heavy atom. The van der Waals surface area contributed by atoms with Crippen LogP contribution in [0.4, 0.5) is 0 Å². The quantitative estimate of drug-likeness (QED) is 0.604. The summed E-state index contributed by atoms with van der Waals surface area (Å²) in [5.74, 6) is -0.351. The molecular formula is C20H20O6. The molecule has 6 nitrogen and oxygen atoms in total. The Morgan fingerprint density at radius 1 is 0.923 bits per heavy atom. The number of carbonyl (C=O) groups excluding carboxylic acids is 1. The Morgan fingerprint density at radius 3 is 1.85 bits per heavy atom. The maximum atomic E-state index is 11.6. The number of fused-ring (bicyclic) bond motifs is 1. The third kappa shape index (κ3) is 4.22. The van der Waals surface area contributed by atoms with Crippen LogP contribution in [0.3, 0.4) is 0 Å². The Labute approximate surface area is 151 Å². The van der Waals surface area contributed by atoms with Crippen LogP contribution in [0.1, 0.15) is 18.1 Å². The lowest BCUT2D eigenvalue weighted by atomic mass is 9.97. The van der Waals surface area contributed by atoms with Crippen LogP contribution in [-0.4, -0.2) is 37.9 Å². The van der Waals surface area contributed by atoms with E-state index in [0.717, 1.165) is 11.6 Å². The van der Waals surface area contributed by atoms with Crippen molar-refractivity contribution in [3.8, 4) is 11.5 Å². The highest BCUT2D eigenvalue weighted by Crippen LogP contribution is 2.38. The molecule has 0 spiro atoms. The lowest BCUT2D eigenvalue weighted by Crippen LogP contribution is -1.99. The van der Waals surface area contributed by atoms with E-state index in [2.05, 4.69) is 0 Å². The number of carbonyl (C=O) groups is 2. The zero-order valence-corrected chi connectivity index (χ0v) is 14.8. The maximum absolute atomic E-state index is 11.6. The molecule has 2 aromatic carbocycles. The second-order valence-corrected chi connectivity index (χ2v) is 5.22. The normalized spacial score (nSPS) is 11.2. The van der Waals surface area contributed by atoms with Crippen LogP contribution in [0.5, 0.6) is 11.5 Å². The van der Waals surface area contributed by atoms with Crippen LogP contribution in [0, 0.1) is 0 Å². The fourth-order valence-corrected chi connectivity index (χ4v) is 2.61. The van der Waals surface area contributed by atoms with Crippen LogP contribution < -0.4 is 9.47 Å². The number of carboxylic acids is 1. The van der Waals surface area contributed by atoms with Gasteiger partial charge in [-0.3, -0.25) is 0 Å². The van der Waals surface area contributed by atoms with Gasteiger partial charge in [-0.05, 0) is 42.3 Å². The molecule has 0 bridgehead atoms. The van der Waals surface area contributed by atoms with Crippen molar-refractivity contribution in [3.05, 3.63) is 47.5 Å². The molecule has 2 aromatic rings. The molecule has 0 heterocycles. The number of rotatable bonds is 7. The highest BCUT2D eigenvalue weighted by Gasteiger charge is 2.14. The first-order valence-electron chi connectivity index (χ1n) is 7.95. The number of methoxy groups -OCH3 is 2. The van der Waals surface area contributed by atoms with Crippen LogP contribution in [0.25, 0.3) is 22.9 Å². The van der Waals surface area contributed by atoms with Gasteiger partial charge in [0.25, 0.3) is 0 Å². The zero-order valence-electron chi connectivity index (χ0n) is 14.8. The van der Waals surface area contributed by atoms with Gasteiger partial charge in [0.05, 0.1) is 20.8 Å².